The van der Waals surface area contributed by atoms with E-state index >= 15 is 0 Å². The van der Waals surface area contributed by atoms with Gasteiger partial charge < -0.3 is 0 Å². The molecule has 0 atom stereocenters. The van der Waals surface area contributed by atoms with E-state index in [-0.39, 0.29) is 4.90 Å². The minimum absolute atomic E-state index is 0.0752. The highest BCUT2D eigenvalue weighted by Gasteiger charge is 2.20. The van der Waals surface area contributed by atoms with E-state index in [1.54, 1.807) is 17.8 Å². The zero-order valence-corrected chi connectivity index (χ0v) is 9.99. The maximum atomic E-state index is 11.2. The molecule has 0 aliphatic carbocycles. The van der Waals surface area contributed by atoms with Crippen LogP contribution in [0.5, 0.6) is 0 Å². The van der Waals surface area contributed by atoms with Gasteiger partial charge in [0.1, 0.15) is 0 Å². The summed E-state index contributed by atoms with van der Waals surface area (Å²) in [6.45, 7) is 1.89. The molecule has 1 N–H and O–H groups in total. The molecule has 0 bridgehead atoms. The summed E-state index contributed by atoms with van der Waals surface area (Å²) >= 11 is 1.76. The topological polar surface area (TPSA) is 54.4 Å². The van der Waals surface area contributed by atoms with Crippen molar-refractivity contribution in [3.05, 3.63) is 28.8 Å². The van der Waals surface area contributed by atoms with Crippen molar-refractivity contribution in [2.75, 3.05) is 0 Å². The summed E-state index contributed by atoms with van der Waals surface area (Å²) < 4.78 is 31.4. The number of hydrogen-bond donors (Lipinski definition) is 1. The van der Waals surface area contributed by atoms with Crippen LogP contribution < -0.4 is 0 Å². The van der Waals surface area contributed by atoms with Crippen LogP contribution in [0.1, 0.15) is 23.6 Å². The lowest BCUT2D eigenvalue weighted by molar-refractivity contribution is 0.482. The minimum Gasteiger partial charge on any atom is -0.282 e. The Kier molecular flexibility index (Phi) is 2.79. The van der Waals surface area contributed by atoms with Crippen molar-refractivity contribution < 1.29 is 13.0 Å². The molecule has 1 aromatic rings. The van der Waals surface area contributed by atoms with Gasteiger partial charge in [-0.15, -0.1) is 0 Å². The minimum atomic E-state index is -4.08. The molecule has 0 amide bonds. The van der Waals surface area contributed by atoms with E-state index in [0.717, 1.165) is 17.1 Å². The molecule has 1 aromatic carbocycles. The number of hydrogen-bond acceptors (Lipinski definition) is 3. The molecule has 2 rings (SSSR count). The summed E-state index contributed by atoms with van der Waals surface area (Å²) in [5.41, 5.74) is 2.94. The van der Waals surface area contributed by atoms with E-state index < -0.39 is 10.1 Å². The Morgan fingerprint density at radius 1 is 1.33 bits per heavy atom. The average molecular weight is 244 g/mol. The van der Waals surface area contributed by atoms with Crippen molar-refractivity contribution in [2.45, 2.75) is 29.7 Å². The van der Waals surface area contributed by atoms with Crippen molar-refractivity contribution in [1.29, 1.82) is 0 Å². The number of benzene rings is 1. The van der Waals surface area contributed by atoms with Gasteiger partial charge >= 0.3 is 0 Å². The van der Waals surface area contributed by atoms with Crippen LogP contribution in [0.25, 0.3) is 0 Å². The molecule has 15 heavy (non-hydrogen) atoms. The van der Waals surface area contributed by atoms with Gasteiger partial charge in [-0.05, 0) is 29.2 Å². The van der Waals surface area contributed by atoms with Gasteiger partial charge in [-0.2, -0.15) is 20.2 Å². The fraction of sp³-hybridized carbons (Fsp3) is 0.400. The van der Waals surface area contributed by atoms with Crippen molar-refractivity contribution in [1.82, 2.24) is 0 Å². The van der Waals surface area contributed by atoms with Gasteiger partial charge in [-0.1, -0.05) is 13.0 Å². The Morgan fingerprint density at radius 3 is 2.47 bits per heavy atom. The Hall–Kier alpha value is -0.520. The van der Waals surface area contributed by atoms with Crippen LogP contribution in [-0.4, -0.2) is 13.0 Å². The molecule has 0 saturated carbocycles. The molecule has 82 valence electrons. The van der Waals surface area contributed by atoms with Gasteiger partial charge in [-0.3, -0.25) is 4.55 Å². The highest BCUT2D eigenvalue weighted by atomic mass is 32.2. The first-order chi connectivity index (χ1) is 7.02. The summed E-state index contributed by atoms with van der Waals surface area (Å²) in [5, 5.41) is 0. The molecule has 0 spiro atoms. The lowest BCUT2D eigenvalue weighted by Crippen LogP contribution is -2.04. The predicted molar refractivity (Wildman–Crippen MR) is 60.6 cm³/mol. The summed E-state index contributed by atoms with van der Waals surface area (Å²) in [7, 11) is -4.08. The first-order valence-electron chi connectivity index (χ1n) is 4.72. The van der Waals surface area contributed by atoms with Crippen LogP contribution in [0.3, 0.4) is 0 Å². The second-order valence-corrected chi connectivity index (χ2v) is 5.93. The van der Waals surface area contributed by atoms with Crippen LogP contribution >= 0.6 is 11.8 Å². The van der Waals surface area contributed by atoms with E-state index in [2.05, 4.69) is 0 Å². The first kappa shape index (κ1) is 11.0. The van der Waals surface area contributed by atoms with E-state index in [0.29, 0.717) is 12.0 Å². The second kappa shape index (κ2) is 3.81. The standard InChI is InChI=1S/C10H12O3S2/c1-2-7-3-8-5-14-6-9(8)4-10(7)15(11,12)13/h3-4H,2,5-6H2,1H3,(H,11,12,13). The zero-order chi connectivity index (χ0) is 11.1. The van der Waals surface area contributed by atoms with Gasteiger partial charge in [-0.25, -0.2) is 0 Å². The summed E-state index contributed by atoms with van der Waals surface area (Å²) in [5.74, 6) is 1.77. The summed E-state index contributed by atoms with van der Waals surface area (Å²) in [6.07, 6.45) is 0.618. The van der Waals surface area contributed by atoms with Gasteiger partial charge in [0.05, 0.1) is 4.90 Å². The van der Waals surface area contributed by atoms with Crippen LogP contribution in [0.4, 0.5) is 0 Å². The third-order valence-corrected chi connectivity index (χ3v) is 4.52. The highest BCUT2D eigenvalue weighted by Crippen LogP contribution is 2.33. The smallest absolute Gasteiger partial charge is 0.282 e. The lowest BCUT2D eigenvalue weighted by Gasteiger charge is -2.08. The maximum Gasteiger partial charge on any atom is 0.294 e. The van der Waals surface area contributed by atoms with Crippen molar-refractivity contribution in [3.8, 4) is 0 Å². The Balaban J connectivity index is 2.64. The van der Waals surface area contributed by atoms with Crippen molar-refractivity contribution in [2.24, 2.45) is 0 Å². The van der Waals surface area contributed by atoms with E-state index in [4.69, 9.17) is 4.55 Å². The van der Waals surface area contributed by atoms with E-state index in [1.165, 1.54) is 5.56 Å². The second-order valence-electron chi connectivity index (χ2n) is 3.55. The third-order valence-electron chi connectivity index (χ3n) is 2.56. The third kappa shape index (κ3) is 2.04. The number of rotatable bonds is 2. The van der Waals surface area contributed by atoms with E-state index in [9.17, 15) is 8.42 Å². The van der Waals surface area contributed by atoms with Crippen LogP contribution in [0.2, 0.25) is 0 Å². The fourth-order valence-electron chi connectivity index (χ4n) is 1.77. The van der Waals surface area contributed by atoms with Crippen LogP contribution in [0, 0.1) is 0 Å². The SMILES string of the molecule is CCc1cc2c(cc1S(=O)(=O)O)CSC2. The summed E-state index contributed by atoms with van der Waals surface area (Å²) in [6, 6.07) is 3.52. The zero-order valence-electron chi connectivity index (χ0n) is 8.36. The molecule has 0 unspecified atom stereocenters. The Bertz CT molecular complexity index is 492. The summed E-state index contributed by atoms with van der Waals surface area (Å²) in [4.78, 5) is 0.0752. The molecule has 5 heteroatoms. The fourth-order valence-corrected chi connectivity index (χ4v) is 3.68. The Morgan fingerprint density at radius 2 is 1.93 bits per heavy atom. The quantitative estimate of drug-likeness (QED) is 0.811. The van der Waals surface area contributed by atoms with Gasteiger partial charge in [0.2, 0.25) is 0 Å². The normalized spacial score (nSPS) is 15.3. The predicted octanol–water partition coefficient (Wildman–Crippen LogP) is 2.24. The molecule has 3 nitrogen and oxygen atoms in total. The van der Waals surface area contributed by atoms with Crippen LogP contribution in [0.15, 0.2) is 17.0 Å². The van der Waals surface area contributed by atoms with E-state index in [1.807, 2.05) is 13.0 Å². The molecular weight excluding hydrogens is 232 g/mol. The van der Waals surface area contributed by atoms with Crippen LogP contribution in [-0.2, 0) is 28.0 Å². The highest BCUT2D eigenvalue weighted by molar-refractivity contribution is 7.98. The molecule has 0 aromatic heterocycles. The number of thioether (sulfide) groups is 1. The monoisotopic (exact) mass is 244 g/mol. The van der Waals surface area contributed by atoms with Gasteiger partial charge in [0.15, 0.2) is 0 Å². The molecule has 1 aliphatic rings. The average Bonchev–Trinajstić information content (AvgIpc) is 2.60. The first-order valence-corrected chi connectivity index (χ1v) is 7.31. The van der Waals surface area contributed by atoms with Gasteiger partial charge in [0.25, 0.3) is 10.1 Å². The van der Waals surface area contributed by atoms with Crippen molar-refractivity contribution in [3.63, 3.8) is 0 Å². The largest absolute Gasteiger partial charge is 0.294 e. The number of aryl methyl sites for hydroxylation is 1. The maximum absolute atomic E-state index is 11.2. The number of fused-ring (bicyclic) bond motifs is 1. The van der Waals surface area contributed by atoms with Gasteiger partial charge in [0, 0.05) is 11.5 Å². The lowest BCUT2D eigenvalue weighted by atomic mass is 10.0. The Labute approximate surface area is 93.6 Å². The molecular formula is C10H12O3S2. The molecule has 0 radical (unpaired) electrons. The molecule has 0 saturated heterocycles. The molecule has 1 heterocycles. The van der Waals surface area contributed by atoms with Crippen molar-refractivity contribution >= 4 is 21.9 Å². The molecule has 1 aliphatic heterocycles. The molecule has 0 fully saturated rings.